The van der Waals surface area contributed by atoms with Crippen LogP contribution < -0.4 is 5.32 Å². The van der Waals surface area contributed by atoms with Crippen molar-refractivity contribution >= 4 is 10.8 Å². The Morgan fingerprint density at radius 1 is 1.06 bits per heavy atom. The molecule has 2 aromatic rings. The van der Waals surface area contributed by atoms with Crippen molar-refractivity contribution in [3.05, 3.63) is 48.0 Å². The molecule has 0 amide bonds. The molecule has 0 fully saturated rings. The third-order valence-corrected chi connectivity index (χ3v) is 3.97. The van der Waals surface area contributed by atoms with E-state index < -0.39 is 0 Å². The van der Waals surface area contributed by atoms with Crippen LogP contribution in [0.1, 0.15) is 25.8 Å². The second-order valence-corrected chi connectivity index (χ2v) is 5.17. The smallest absolute Gasteiger partial charge is 0.0130 e. The molecule has 1 heteroatoms. The molecule has 0 aromatic heterocycles. The molecule has 2 rings (SSSR count). The van der Waals surface area contributed by atoms with Crippen LogP contribution in [-0.4, -0.2) is 13.1 Å². The molecule has 0 aliphatic rings. The zero-order valence-electron chi connectivity index (χ0n) is 11.6. The van der Waals surface area contributed by atoms with E-state index in [9.17, 15) is 0 Å². The first-order valence-corrected chi connectivity index (χ1v) is 6.89. The summed E-state index contributed by atoms with van der Waals surface area (Å²) in [4.78, 5) is 0. The van der Waals surface area contributed by atoms with E-state index in [-0.39, 0.29) is 0 Å². The first-order valence-electron chi connectivity index (χ1n) is 6.89. The van der Waals surface area contributed by atoms with E-state index >= 15 is 0 Å². The molecule has 0 saturated heterocycles. The molecule has 2 aromatic carbocycles. The van der Waals surface area contributed by atoms with Gasteiger partial charge in [-0.2, -0.15) is 0 Å². The van der Waals surface area contributed by atoms with E-state index in [0.717, 1.165) is 6.42 Å². The summed E-state index contributed by atoms with van der Waals surface area (Å²) in [6, 6.07) is 15.9. The van der Waals surface area contributed by atoms with Crippen molar-refractivity contribution in [2.24, 2.45) is 5.92 Å². The summed E-state index contributed by atoms with van der Waals surface area (Å²) in [6.07, 6.45) is 2.33. The fraction of sp³-hybridized carbons (Fsp3) is 0.412. The maximum Gasteiger partial charge on any atom is 0.0130 e. The highest BCUT2D eigenvalue weighted by Crippen LogP contribution is 2.19. The predicted octanol–water partition coefficient (Wildman–Crippen LogP) is 4.02. The van der Waals surface area contributed by atoms with Gasteiger partial charge in [-0.3, -0.25) is 0 Å². The molecule has 0 aliphatic heterocycles. The highest BCUT2D eigenvalue weighted by Gasteiger charge is 2.14. The Kier molecular flexibility index (Phi) is 4.38. The summed E-state index contributed by atoms with van der Waals surface area (Å²) < 4.78 is 0. The Hall–Kier alpha value is -1.34. The maximum absolute atomic E-state index is 3.45. The standard InChI is InChI=1S/C17H23N/c1-4-13(2)17(18-3)12-14-9-10-15-7-5-6-8-16(15)11-14/h5-11,13,17-18H,4,12H2,1-3H3. The first-order chi connectivity index (χ1) is 8.74. The Morgan fingerprint density at radius 3 is 2.44 bits per heavy atom. The van der Waals surface area contributed by atoms with Crippen LogP contribution >= 0.6 is 0 Å². The minimum Gasteiger partial charge on any atom is -0.316 e. The fourth-order valence-electron chi connectivity index (χ4n) is 2.49. The number of nitrogens with one attached hydrogen (secondary N) is 1. The van der Waals surface area contributed by atoms with Gasteiger partial charge < -0.3 is 5.32 Å². The number of hydrogen-bond donors (Lipinski definition) is 1. The SMILES string of the molecule is CCC(C)C(Cc1ccc2ccccc2c1)NC. The summed E-state index contributed by atoms with van der Waals surface area (Å²) in [5.74, 6) is 0.710. The lowest BCUT2D eigenvalue weighted by atomic mass is 9.92. The van der Waals surface area contributed by atoms with Crippen molar-refractivity contribution in [1.29, 1.82) is 0 Å². The van der Waals surface area contributed by atoms with Crippen molar-refractivity contribution < 1.29 is 0 Å². The Bertz CT molecular complexity index is 504. The summed E-state index contributed by atoms with van der Waals surface area (Å²) >= 11 is 0. The van der Waals surface area contributed by atoms with Gasteiger partial charge in [-0.25, -0.2) is 0 Å². The van der Waals surface area contributed by atoms with Crippen LogP contribution in [0.15, 0.2) is 42.5 Å². The molecule has 1 N–H and O–H groups in total. The molecule has 2 atom stereocenters. The molecule has 0 saturated carbocycles. The number of benzene rings is 2. The quantitative estimate of drug-likeness (QED) is 0.833. The van der Waals surface area contributed by atoms with E-state index in [1.165, 1.54) is 22.8 Å². The lowest BCUT2D eigenvalue weighted by Gasteiger charge is -2.22. The average Bonchev–Trinajstić information content (AvgIpc) is 2.43. The molecular formula is C17H23N. The van der Waals surface area contributed by atoms with E-state index in [2.05, 4.69) is 68.7 Å². The van der Waals surface area contributed by atoms with Gasteiger partial charge in [-0.1, -0.05) is 62.7 Å². The molecule has 0 heterocycles. The molecule has 0 spiro atoms. The molecule has 18 heavy (non-hydrogen) atoms. The second-order valence-electron chi connectivity index (χ2n) is 5.17. The Morgan fingerprint density at radius 2 is 1.78 bits per heavy atom. The Labute approximate surface area is 110 Å². The highest BCUT2D eigenvalue weighted by molar-refractivity contribution is 5.82. The molecule has 0 bridgehead atoms. The fourth-order valence-corrected chi connectivity index (χ4v) is 2.49. The van der Waals surface area contributed by atoms with Gasteiger partial charge in [0.05, 0.1) is 0 Å². The van der Waals surface area contributed by atoms with Gasteiger partial charge in [-0.05, 0) is 35.7 Å². The molecule has 96 valence electrons. The monoisotopic (exact) mass is 241 g/mol. The lowest BCUT2D eigenvalue weighted by Crippen LogP contribution is -2.33. The van der Waals surface area contributed by atoms with Crippen LogP contribution in [0.3, 0.4) is 0 Å². The van der Waals surface area contributed by atoms with E-state index in [1.807, 2.05) is 0 Å². The summed E-state index contributed by atoms with van der Waals surface area (Å²) in [5.41, 5.74) is 1.42. The third-order valence-electron chi connectivity index (χ3n) is 3.97. The minimum absolute atomic E-state index is 0.566. The van der Waals surface area contributed by atoms with Crippen LogP contribution in [0.4, 0.5) is 0 Å². The summed E-state index contributed by atoms with van der Waals surface area (Å²) in [7, 11) is 2.07. The van der Waals surface area contributed by atoms with Crippen LogP contribution in [0.2, 0.25) is 0 Å². The summed E-state index contributed by atoms with van der Waals surface area (Å²) in [5, 5.41) is 6.12. The normalized spacial score (nSPS) is 14.6. The first kappa shape index (κ1) is 13.1. The summed E-state index contributed by atoms with van der Waals surface area (Å²) in [6.45, 7) is 4.58. The largest absolute Gasteiger partial charge is 0.316 e. The molecule has 0 radical (unpaired) electrons. The van der Waals surface area contributed by atoms with Crippen LogP contribution in [-0.2, 0) is 6.42 Å². The lowest BCUT2D eigenvalue weighted by molar-refractivity contribution is 0.386. The predicted molar refractivity (Wildman–Crippen MR) is 80.0 cm³/mol. The van der Waals surface area contributed by atoms with Crippen molar-refractivity contribution in [2.45, 2.75) is 32.7 Å². The van der Waals surface area contributed by atoms with Gasteiger partial charge in [-0.15, -0.1) is 0 Å². The second kappa shape index (κ2) is 6.01. The van der Waals surface area contributed by atoms with Gasteiger partial charge in [0.25, 0.3) is 0 Å². The molecule has 2 unspecified atom stereocenters. The zero-order valence-corrected chi connectivity index (χ0v) is 11.6. The number of fused-ring (bicyclic) bond motifs is 1. The van der Waals surface area contributed by atoms with Crippen LogP contribution in [0.25, 0.3) is 10.8 Å². The highest BCUT2D eigenvalue weighted by atomic mass is 14.9. The van der Waals surface area contributed by atoms with Crippen molar-refractivity contribution in [3.63, 3.8) is 0 Å². The Balaban J connectivity index is 2.20. The van der Waals surface area contributed by atoms with E-state index in [4.69, 9.17) is 0 Å². The van der Waals surface area contributed by atoms with Gasteiger partial charge in [0.1, 0.15) is 0 Å². The zero-order chi connectivity index (χ0) is 13.0. The van der Waals surface area contributed by atoms with Gasteiger partial charge in [0, 0.05) is 6.04 Å². The molecule has 1 nitrogen and oxygen atoms in total. The van der Waals surface area contributed by atoms with Gasteiger partial charge >= 0.3 is 0 Å². The maximum atomic E-state index is 3.45. The minimum atomic E-state index is 0.566. The number of hydrogen-bond acceptors (Lipinski definition) is 1. The van der Waals surface area contributed by atoms with Crippen LogP contribution in [0.5, 0.6) is 0 Å². The van der Waals surface area contributed by atoms with Crippen LogP contribution in [0, 0.1) is 5.92 Å². The van der Waals surface area contributed by atoms with Gasteiger partial charge in [0.2, 0.25) is 0 Å². The molecule has 0 aliphatic carbocycles. The number of likely N-dealkylation sites (N-methyl/N-ethyl adjacent to an activating group) is 1. The topological polar surface area (TPSA) is 12.0 Å². The van der Waals surface area contributed by atoms with Crippen molar-refractivity contribution in [2.75, 3.05) is 7.05 Å². The van der Waals surface area contributed by atoms with Crippen molar-refractivity contribution in [3.8, 4) is 0 Å². The average molecular weight is 241 g/mol. The number of rotatable bonds is 5. The van der Waals surface area contributed by atoms with Gasteiger partial charge in [0.15, 0.2) is 0 Å². The third kappa shape index (κ3) is 2.91. The van der Waals surface area contributed by atoms with E-state index in [1.54, 1.807) is 0 Å². The van der Waals surface area contributed by atoms with E-state index in [0.29, 0.717) is 12.0 Å². The molecular weight excluding hydrogens is 218 g/mol. The van der Waals surface area contributed by atoms with Crippen molar-refractivity contribution in [1.82, 2.24) is 5.32 Å².